The third-order valence-corrected chi connectivity index (χ3v) is 3.01. The first-order chi connectivity index (χ1) is 5.79. The zero-order valence-corrected chi connectivity index (χ0v) is 8.74. The van der Waals surface area contributed by atoms with Crippen LogP contribution in [0.1, 0.15) is 18.0 Å². The fourth-order valence-corrected chi connectivity index (χ4v) is 2.32. The predicted octanol–water partition coefficient (Wildman–Crippen LogP) is 2.07. The number of halogens is 1. The van der Waals surface area contributed by atoms with Crippen LogP contribution in [0.2, 0.25) is 0 Å². The number of hydrogen-bond acceptors (Lipinski definition) is 2. The minimum Gasteiger partial charge on any atom is -0.493 e. The lowest BCUT2D eigenvalue weighted by Crippen LogP contribution is -2.21. The maximum atomic E-state index is 5.96. The second-order valence-corrected chi connectivity index (χ2v) is 4.06. The lowest BCUT2D eigenvalue weighted by molar-refractivity contribution is 0.268. The molecule has 0 aromatic heterocycles. The van der Waals surface area contributed by atoms with Crippen LogP contribution in [0.25, 0.3) is 0 Å². The minimum absolute atomic E-state index is 0.154. The molecule has 1 aromatic rings. The summed E-state index contributed by atoms with van der Waals surface area (Å²) >= 11 is 2.30. The maximum absolute atomic E-state index is 5.96. The Labute approximate surface area is 85.2 Å². The topological polar surface area (TPSA) is 35.2 Å². The van der Waals surface area contributed by atoms with Crippen molar-refractivity contribution in [1.82, 2.24) is 0 Å². The third kappa shape index (κ3) is 1.31. The van der Waals surface area contributed by atoms with Gasteiger partial charge in [-0.15, -0.1) is 0 Å². The van der Waals surface area contributed by atoms with Crippen molar-refractivity contribution in [2.75, 3.05) is 6.61 Å². The summed E-state index contributed by atoms with van der Waals surface area (Å²) in [7, 11) is 0. The van der Waals surface area contributed by atoms with Crippen LogP contribution in [0.15, 0.2) is 18.2 Å². The molecule has 0 bridgehead atoms. The van der Waals surface area contributed by atoms with Gasteiger partial charge >= 0.3 is 0 Å². The van der Waals surface area contributed by atoms with E-state index in [1.54, 1.807) is 0 Å². The van der Waals surface area contributed by atoms with Crippen molar-refractivity contribution < 1.29 is 4.74 Å². The van der Waals surface area contributed by atoms with Gasteiger partial charge in [0.1, 0.15) is 5.75 Å². The Hall–Kier alpha value is -0.290. The first-order valence-electron chi connectivity index (χ1n) is 3.96. The van der Waals surface area contributed by atoms with Crippen molar-refractivity contribution in [1.29, 1.82) is 0 Å². The summed E-state index contributed by atoms with van der Waals surface area (Å²) in [5.41, 5.74) is 7.13. The van der Waals surface area contributed by atoms with Gasteiger partial charge in [0.25, 0.3) is 0 Å². The molecule has 64 valence electrons. The lowest BCUT2D eigenvalue weighted by atomic mass is 10.0. The van der Waals surface area contributed by atoms with E-state index in [2.05, 4.69) is 28.7 Å². The molecular weight excluding hydrogens is 265 g/mol. The Morgan fingerprint density at radius 2 is 2.33 bits per heavy atom. The molecule has 1 aromatic carbocycles. The van der Waals surface area contributed by atoms with Crippen LogP contribution < -0.4 is 10.5 Å². The SMILES string of the molecule is N[C@@H]1CCOc2cccc(I)c21. The summed E-state index contributed by atoms with van der Waals surface area (Å²) in [4.78, 5) is 0. The van der Waals surface area contributed by atoms with Gasteiger partial charge in [0.15, 0.2) is 0 Å². The average Bonchev–Trinajstić information content (AvgIpc) is 2.04. The van der Waals surface area contributed by atoms with Crippen LogP contribution >= 0.6 is 22.6 Å². The molecule has 0 saturated heterocycles. The smallest absolute Gasteiger partial charge is 0.125 e. The van der Waals surface area contributed by atoms with E-state index in [-0.39, 0.29) is 6.04 Å². The molecule has 2 nitrogen and oxygen atoms in total. The third-order valence-electron chi connectivity index (χ3n) is 2.07. The standard InChI is InChI=1S/C9H10INO/c10-6-2-1-3-8-9(6)7(11)4-5-12-8/h1-3,7H,4-5,11H2/t7-/m1/s1. The highest BCUT2D eigenvalue weighted by Gasteiger charge is 2.19. The van der Waals surface area contributed by atoms with Crippen LogP contribution in [-0.4, -0.2) is 6.61 Å². The van der Waals surface area contributed by atoms with Gasteiger partial charge in [-0.05, 0) is 34.7 Å². The molecular formula is C9H10INO. The first-order valence-corrected chi connectivity index (χ1v) is 5.03. The summed E-state index contributed by atoms with van der Waals surface area (Å²) < 4.78 is 6.70. The molecule has 1 atom stereocenters. The van der Waals surface area contributed by atoms with Crippen LogP contribution in [0.5, 0.6) is 5.75 Å². The van der Waals surface area contributed by atoms with E-state index in [4.69, 9.17) is 10.5 Å². The monoisotopic (exact) mass is 275 g/mol. The zero-order chi connectivity index (χ0) is 8.55. The Morgan fingerprint density at radius 3 is 3.08 bits per heavy atom. The number of rotatable bonds is 0. The van der Waals surface area contributed by atoms with Gasteiger partial charge in [-0.1, -0.05) is 6.07 Å². The van der Waals surface area contributed by atoms with E-state index in [9.17, 15) is 0 Å². The second-order valence-electron chi connectivity index (χ2n) is 2.90. The van der Waals surface area contributed by atoms with Crippen molar-refractivity contribution in [3.8, 4) is 5.75 Å². The van der Waals surface area contributed by atoms with E-state index in [0.29, 0.717) is 0 Å². The van der Waals surface area contributed by atoms with Crippen LogP contribution in [0, 0.1) is 3.57 Å². The number of benzene rings is 1. The molecule has 0 aliphatic carbocycles. The van der Waals surface area contributed by atoms with E-state index in [1.165, 1.54) is 9.13 Å². The Balaban J connectivity index is 2.53. The fraction of sp³-hybridized carbons (Fsp3) is 0.333. The van der Waals surface area contributed by atoms with Crippen LogP contribution in [0.3, 0.4) is 0 Å². The lowest BCUT2D eigenvalue weighted by Gasteiger charge is -2.23. The van der Waals surface area contributed by atoms with E-state index in [1.807, 2.05) is 12.1 Å². The highest BCUT2D eigenvalue weighted by atomic mass is 127. The number of nitrogens with two attached hydrogens (primary N) is 1. The van der Waals surface area contributed by atoms with Gasteiger partial charge in [0.05, 0.1) is 6.61 Å². The van der Waals surface area contributed by atoms with Gasteiger partial charge in [-0.2, -0.15) is 0 Å². The summed E-state index contributed by atoms with van der Waals surface area (Å²) in [5.74, 6) is 0.959. The molecule has 0 spiro atoms. The minimum atomic E-state index is 0.154. The predicted molar refractivity (Wildman–Crippen MR) is 56.2 cm³/mol. The van der Waals surface area contributed by atoms with E-state index >= 15 is 0 Å². The zero-order valence-electron chi connectivity index (χ0n) is 6.59. The van der Waals surface area contributed by atoms with Gasteiger partial charge in [-0.3, -0.25) is 0 Å². The molecule has 0 fully saturated rings. The molecule has 0 saturated carbocycles. The molecule has 12 heavy (non-hydrogen) atoms. The van der Waals surface area contributed by atoms with Gasteiger partial charge in [-0.25, -0.2) is 0 Å². The van der Waals surface area contributed by atoms with Crippen LogP contribution in [-0.2, 0) is 0 Å². The highest BCUT2D eigenvalue weighted by molar-refractivity contribution is 14.1. The van der Waals surface area contributed by atoms with Crippen molar-refractivity contribution >= 4 is 22.6 Å². The molecule has 1 aliphatic rings. The molecule has 0 unspecified atom stereocenters. The quantitative estimate of drug-likeness (QED) is 0.736. The van der Waals surface area contributed by atoms with Crippen molar-refractivity contribution in [2.24, 2.45) is 5.73 Å². The fourth-order valence-electron chi connectivity index (χ4n) is 1.44. The average molecular weight is 275 g/mol. The summed E-state index contributed by atoms with van der Waals surface area (Å²) in [6, 6.07) is 6.20. The van der Waals surface area contributed by atoms with Gasteiger partial charge < -0.3 is 10.5 Å². The molecule has 3 heteroatoms. The van der Waals surface area contributed by atoms with Gasteiger partial charge in [0.2, 0.25) is 0 Å². The van der Waals surface area contributed by atoms with Crippen molar-refractivity contribution in [2.45, 2.75) is 12.5 Å². The summed E-state index contributed by atoms with van der Waals surface area (Å²) in [5, 5.41) is 0. The Morgan fingerprint density at radius 1 is 1.50 bits per heavy atom. The first kappa shape index (κ1) is 8.31. The highest BCUT2D eigenvalue weighted by Crippen LogP contribution is 2.33. The number of ether oxygens (including phenoxy) is 1. The largest absolute Gasteiger partial charge is 0.493 e. The Bertz CT molecular complexity index is 301. The van der Waals surface area contributed by atoms with Crippen molar-refractivity contribution in [3.05, 3.63) is 27.3 Å². The van der Waals surface area contributed by atoms with Crippen molar-refractivity contribution in [3.63, 3.8) is 0 Å². The van der Waals surface area contributed by atoms with Gasteiger partial charge in [0, 0.05) is 21.6 Å². The summed E-state index contributed by atoms with van der Waals surface area (Å²) in [6.07, 6.45) is 0.924. The normalized spacial score (nSPS) is 21.3. The number of fused-ring (bicyclic) bond motifs is 1. The molecule has 0 radical (unpaired) electrons. The Kier molecular flexibility index (Phi) is 2.23. The van der Waals surface area contributed by atoms with Crippen LogP contribution in [0.4, 0.5) is 0 Å². The molecule has 1 heterocycles. The molecule has 2 rings (SSSR count). The summed E-state index contributed by atoms with van der Waals surface area (Å²) in [6.45, 7) is 0.744. The maximum Gasteiger partial charge on any atom is 0.125 e. The van der Waals surface area contributed by atoms with E-state index < -0.39 is 0 Å². The molecule has 0 amide bonds. The molecule has 2 N–H and O–H groups in total. The second kappa shape index (κ2) is 3.22. The molecule has 1 aliphatic heterocycles. The van der Waals surface area contributed by atoms with E-state index in [0.717, 1.165) is 18.8 Å². The number of hydrogen-bond donors (Lipinski definition) is 1.